The smallest absolute Gasteiger partial charge is 0.309 e. The third-order valence-corrected chi connectivity index (χ3v) is 6.23. The highest BCUT2D eigenvalue weighted by molar-refractivity contribution is 5.72. The zero-order valence-corrected chi connectivity index (χ0v) is 15.2. The number of carbonyl (C=O) groups is 1. The van der Waals surface area contributed by atoms with E-state index in [0.717, 1.165) is 58.2 Å². The van der Waals surface area contributed by atoms with Crippen LogP contribution in [0.4, 0.5) is 0 Å². The number of epoxide rings is 2. The van der Waals surface area contributed by atoms with Gasteiger partial charge in [-0.2, -0.15) is 0 Å². The maximum Gasteiger partial charge on any atom is 0.309 e. The van der Waals surface area contributed by atoms with Crippen molar-refractivity contribution in [2.45, 2.75) is 88.6 Å². The summed E-state index contributed by atoms with van der Waals surface area (Å²) in [6.45, 7) is 2.32. The van der Waals surface area contributed by atoms with E-state index in [1.54, 1.807) is 0 Å². The molecule has 4 rings (SSSR count). The Labute approximate surface area is 150 Å². The number of rotatable bonds is 10. The molecule has 0 radical (unpaired) electrons. The quantitative estimate of drug-likeness (QED) is 0.343. The molecule has 5 heteroatoms. The van der Waals surface area contributed by atoms with E-state index in [2.05, 4.69) is 0 Å². The molecule has 6 unspecified atom stereocenters. The van der Waals surface area contributed by atoms with Gasteiger partial charge in [-0.15, -0.1) is 0 Å². The number of fused-ring (bicyclic) bond motifs is 2. The average molecular weight is 352 g/mol. The van der Waals surface area contributed by atoms with Crippen molar-refractivity contribution in [1.82, 2.24) is 0 Å². The van der Waals surface area contributed by atoms with Crippen molar-refractivity contribution in [2.75, 3.05) is 19.8 Å². The van der Waals surface area contributed by atoms with Crippen LogP contribution in [0.2, 0.25) is 0 Å². The van der Waals surface area contributed by atoms with Crippen molar-refractivity contribution in [3.63, 3.8) is 0 Å². The summed E-state index contributed by atoms with van der Waals surface area (Å²) in [4.78, 5) is 12.0. The fourth-order valence-corrected chi connectivity index (χ4v) is 4.46. The monoisotopic (exact) mass is 352 g/mol. The lowest BCUT2D eigenvalue weighted by Crippen LogP contribution is -2.24. The minimum atomic E-state index is -0.00773. The molecule has 0 aromatic carbocycles. The molecule has 0 bridgehead atoms. The zero-order chi connectivity index (χ0) is 17.1. The third-order valence-electron chi connectivity index (χ3n) is 6.23. The standard InChI is InChI=1S/C20H32O5/c21-20(15-6-8-17-19(12-15)25-17)23-10-4-2-1-3-9-22-13-14-5-7-16-18(11-14)24-16/h14-19H,1-13H2. The summed E-state index contributed by atoms with van der Waals surface area (Å²) in [5, 5.41) is 0. The van der Waals surface area contributed by atoms with Gasteiger partial charge in [0.1, 0.15) is 0 Å². The molecule has 4 aliphatic rings. The number of hydrogen-bond acceptors (Lipinski definition) is 5. The van der Waals surface area contributed by atoms with Crippen LogP contribution in [0.3, 0.4) is 0 Å². The van der Waals surface area contributed by atoms with E-state index < -0.39 is 0 Å². The second kappa shape index (κ2) is 8.36. The van der Waals surface area contributed by atoms with Gasteiger partial charge in [0.15, 0.2) is 0 Å². The van der Waals surface area contributed by atoms with Crippen LogP contribution in [-0.2, 0) is 23.7 Å². The summed E-state index contributed by atoms with van der Waals surface area (Å²) in [5.74, 6) is 0.777. The maximum absolute atomic E-state index is 12.0. The highest BCUT2D eigenvalue weighted by atomic mass is 16.6. The van der Waals surface area contributed by atoms with Crippen LogP contribution in [0.5, 0.6) is 0 Å². The van der Waals surface area contributed by atoms with E-state index in [4.69, 9.17) is 18.9 Å². The summed E-state index contributed by atoms with van der Waals surface area (Å²) < 4.78 is 22.3. The second-order valence-electron chi connectivity index (χ2n) is 8.27. The lowest BCUT2D eigenvalue weighted by Gasteiger charge is -2.18. The summed E-state index contributed by atoms with van der Waals surface area (Å²) in [7, 11) is 0. The van der Waals surface area contributed by atoms with Crippen LogP contribution in [0, 0.1) is 11.8 Å². The van der Waals surface area contributed by atoms with Crippen LogP contribution < -0.4 is 0 Å². The van der Waals surface area contributed by atoms with Crippen LogP contribution >= 0.6 is 0 Å². The van der Waals surface area contributed by atoms with Gasteiger partial charge in [-0.1, -0.05) is 6.42 Å². The number of hydrogen-bond donors (Lipinski definition) is 0. The zero-order valence-electron chi connectivity index (χ0n) is 15.2. The number of carbonyl (C=O) groups excluding carboxylic acids is 1. The largest absolute Gasteiger partial charge is 0.465 e. The number of ether oxygens (including phenoxy) is 4. The van der Waals surface area contributed by atoms with Crippen molar-refractivity contribution in [3.05, 3.63) is 0 Å². The Morgan fingerprint density at radius 2 is 1.52 bits per heavy atom. The van der Waals surface area contributed by atoms with E-state index in [9.17, 15) is 4.79 Å². The van der Waals surface area contributed by atoms with Crippen molar-refractivity contribution >= 4 is 5.97 Å². The minimum Gasteiger partial charge on any atom is -0.465 e. The highest BCUT2D eigenvalue weighted by Gasteiger charge is 2.46. The van der Waals surface area contributed by atoms with Gasteiger partial charge in [-0.3, -0.25) is 4.79 Å². The van der Waals surface area contributed by atoms with E-state index >= 15 is 0 Å². The van der Waals surface area contributed by atoms with E-state index in [1.165, 1.54) is 19.3 Å². The fraction of sp³-hybridized carbons (Fsp3) is 0.950. The Hall–Kier alpha value is -0.650. The molecule has 2 aliphatic carbocycles. The van der Waals surface area contributed by atoms with Gasteiger partial charge in [0.05, 0.1) is 36.9 Å². The molecular formula is C20H32O5. The first-order chi connectivity index (χ1) is 12.3. The summed E-state index contributed by atoms with van der Waals surface area (Å²) >= 11 is 0. The first kappa shape index (κ1) is 17.7. The van der Waals surface area contributed by atoms with Gasteiger partial charge in [0.2, 0.25) is 0 Å². The van der Waals surface area contributed by atoms with Gasteiger partial charge in [-0.05, 0) is 63.7 Å². The Bertz CT molecular complexity index is 453. The lowest BCUT2D eigenvalue weighted by atomic mass is 9.89. The molecular weight excluding hydrogens is 320 g/mol. The van der Waals surface area contributed by atoms with Gasteiger partial charge >= 0.3 is 5.97 Å². The molecule has 5 nitrogen and oxygen atoms in total. The summed E-state index contributed by atoms with van der Waals surface area (Å²) in [6, 6.07) is 0. The average Bonchev–Trinajstić information content (AvgIpc) is 3.52. The molecule has 2 saturated carbocycles. The van der Waals surface area contributed by atoms with Crippen molar-refractivity contribution in [3.8, 4) is 0 Å². The predicted molar refractivity (Wildman–Crippen MR) is 92.3 cm³/mol. The molecule has 2 aliphatic heterocycles. The van der Waals surface area contributed by atoms with Crippen molar-refractivity contribution in [1.29, 1.82) is 0 Å². The Morgan fingerprint density at radius 3 is 2.28 bits per heavy atom. The van der Waals surface area contributed by atoms with Crippen molar-refractivity contribution in [2.24, 2.45) is 11.8 Å². The normalized spacial score (nSPS) is 38.6. The molecule has 25 heavy (non-hydrogen) atoms. The van der Waals surface area contributed by atoms with Crippen LogP contribution in [0.25, 0.3) is 0 Å². The van der Waals surface area contributed by atoms with Gasteiger partial charge in [-0.25, -0.2) is 0 Å². The van der Waals surface area contributed by atoms with Gasteiger partial charge < -0.3 is 18.9 Å². The van der Waals surface area contributed by atoms with Crippen LogP contribution in [-0.4, -0.2) is 50.2 Å². The molecule has 0 aromatic heterocycles. The molecule has 2 saturated heterocycles. The molecule has 0 aromatic rings. The Balaban J connectivity index is 0.942. The number of esters is 1. The maximum atomic E-state index is 12.0. The number of unbranched alkanes of at least 4 members (excludes halogenated alkanes) is 3. The first-order valence-corrected chi connectivity index (χ1v) is 10.3. The molecule has 0 spiro atoms. The lowest BCUT2D eigenvalue weighted by molar-refractivity contribution is -0.149. The Morgan fingerprint density at radius 1 is 0.800 bits per heavy atom. The minimum absolute atomic E-state index is 0.00773. The fourth-order valence-electron chi connectivity index (χ4n) is 4.46. The second-order valence-corrected chi connectivity index (χ2v) is 8.27. The van der Waals surface area contributed by atoms with E-state index in [0.29, 0.717) is 36.9 Å². The molecule has 0 amide bonds. The SMILES string of the molecule is O=C(OCCCCCCOCC1CCC2OC2C1)C1CCC2OC2C1. The molecule has 6 atom stereocenters. The molecule has 142 valence electrons. The van der Waals surface area contributed by atoms with Crippen molar-refractivity contribution < 1.29 is 23.7 Å². The summed E-state index contributed by atoms with van der Waals surface area (Å²) in [5.41, 5.74) is 0. The predicted octanol–water partition coefficient (Wildman–Crippen LogP) is 3.24. The third kappa shape index (κ3) is 5.18. The summed E-state index contributed by atoms with van der Waals surface area (Å²) in [6.07, 6.45) is 12.8. The topological polar surface area (TPSA) is 60.6 Å². The first-order valence-electron chi connectivity index (χ1n) is 10.3. The van der Waals surface area contributed by atoms with E-state index in [-0.39, 0.29) is 11.9 Å². The van der Waals surface area contributed by atoms with Gasteiger partial charge in [0.25, 0.3) is 0 Å². The molecule has 4 fully saturated rings. The highest BCUT2D eigenvalue weighted by Crippen LogP contribution is 2.40. The van der Waals surface area contributed by atoms with E-state index in [1.807, 2.05) is 0 Å². The van der Waals surface area contributed by atoms with Gasteiger partial charge in [0, 0.05) is 13.2 Å². The van der Waals surface area contributed by atoms with Crippen LogP contribution in [0.15, 0.2) is 0 Å². The van der Waals surface area contributed by atoms with Crippen LogP contribution in [0.1, 0.15) is 64.2 Å². The molecule has 2 heterocycles. The Kier molecular flexibility index (Phi) is 5.94. The molecule has 0 N–H and O–H groups in total.